The molecule has 0 bridgehead atoms. The predicted molar refractivity (Wildman–Crippen MR) is 138 cm³/mol. The minimum absolute atomic E-state index is 0.288. The van der Waals surface area contributed by atoms with Crippen LogP contribution in [0.2, 0.25) is 0 Å². The highest BCUT2D eigenvalue weighted by Crippen LogP contribution is 2.27. The van der Waals surface area contributed by atoms with Crippen molar-refractivity contribution in [1.29, 1.82) is 0 Å². The second kappa shape index (κ2) is 12.8. The summed E-state index contributed by atoms with van der Waals surface area (Å²) in [5, 5.41) is 0. The Morgan fingerprint density at radius 3 is 2.56 bits per heavy atom. The van der Waals surface area contributed by atoms with Crippen molar-refractivity contribution in [3.63, 3.8) is 0 Å². The molecular weight excluding hydrogens is 480 g/mol. The first kappa shape index (κ1) is 26.8. The molecule has 0 amide bonds. The summed E-state index contributed by atoms with van der Waals surface area (Å²) >= 11 is 0. The van der Waals surface area contributed by atoms with Crippen molar-refractivity contribution in [2.45, 2.75) is 52.2 Å². The molecule has 10 heteroatoms. The lowest BCUT2D eigenvalue weighted by atomic mass is 9.92. The van der Waals surface area contributed by atoms with Crippen LogP contribution in [-0.4, -0.2) is 68.6 Å². The molecule has 0 N–H and O–H groups in total. The summed E-state index contributed by atoms with van der Waals surface area (Å²) in [7, 11) is -3.15. The van der Waals surface area contributed by atoms with Crippen LogP contribution in [-0.2, 0) is 39.1 Å². The summed E-state index contributed by atoms with van der Waals surface area (Å²) in [5.41, 5.74) is 3.20. The average Bonchev–Trinajstić information content (AvgIpc) is 2.89. The van der Waals surface area contributed by atoms with Crippen molar-refractivity contribution >= 4 is 16.0 Å². The third kappa shape index (κ3) is 7.61. The van der Waals surface area contributed by atoms with Crippen molar-refractivity contribution in [1.82, 2.24) is 14.3 Å². The van der Waals surface area contributed by atoms with Crippen LogP contribution >= 0.6 is 0 Å². The maximum Gasteiger partial charge on any atom is 0.225 e. The van der Waals surface area contributed by atoms with Crippen LogP contribution in [0, 0.1) is 5.92 Å². The topological polar surface area (TPSA) is 94.1 Å². The Morgan fingerprint density at radius 1 is 1.06 bits per heavy atom. The number of piperidine rings is 1. The van der Waals surface area contributed by atoms with Gasteiger partial charge in [0.05, 0.1) is 19.5 Å². The molecule has 4 rings (SSSR count). The number of sulfonamides is 1. The molecule has 1 saturated heterocycles. The van der Waals surface area contributed by atoms with Gasteiger partial charge in [-0.3, -0.25) is 0 Å². The van der Waals surface area contributed by atoms with E-state index >= 15 is 0 Å². The second-order valence-electron chi connectivity index (χ2n) is 9.55. The largest absolute Gasteiger partial charge is 0.494 e. The quantitative estimate of drug-likeness (QED) is 0.312. The Hall–Kier alpha value is -2.27. The molecule has 0 spiro atoms. The number of benzene rings is 1. The van der Waals surface area contributed by atoms with Gasteiger partial charge >= 0.3 is 0 Å². The van der Waals surface area contributed by atoms with Crippen molar-refractivity contribution in [2.75, 3.05) is 50.8 Å². The van der Waals surface area contributed by atoms with Gasteiger partial charge in [-0.25, -0.2) is 18.4 Å². The highest BCUT2D eigenvalue weighted by molar-refractivity contribution is 7.88. The van der Waals surface area contributed by atoms with E-state index in [-0.39, 0.29) is 6.79 Å². The molecule has 1 aromatic carbocycles. The van der Waals surface area contributed by atoms with E-state index in [1.807, 2.05) is 31.5 Å². The smallest absolute Gasteiger partial charge is 0.225 e. The molecule has 9 nitrogen and oxygen atoms in total. The zero-order valence-corrected chi connectivity index (χ0v) is 22.2. The molecule has 0 radical (unpaired) electrons. The molecule has 1 fully saturated rings. The lowest BCUT2D eigenvalue weighted by Crippen LogP contribution is -2.35. The average molecular weight is 519 g/mol. The number of hydrogen-bond donors (Lipinski definition) is 0. The monoisotopic (exact) mass is 518 g/mol. The summed E-state index contributed by atoms with van der Waals surface area (Å²) in [4.78, 5) is 11.3. The fourth-order valence-electron chi connectivity index (χ4n) is 4.75. The van der Waals surface area contributed by atoms with Crippen molar-refractivity contribution in [2.24, 2.45) is 5.92 Å². The lowest BCUT2D eigenvalue weighted by Gasteiger charge is -2.32. The summed E-state index contributed by atoms with van der Waals surface area (Å²) in [5.74, 6) is 2.36. The fourth-order valence-corrected chi connectivity index (χ4v) is 5.54. The zero-order valence-electron chi connectivity index (χ0n) is 21.4. The fraction of sp³-hybridized carbons (Fsp3) is 0.615. The van der Waals surface area contributed by atoms with E-state index in [2.05, 4.69) is 20.9 Å². The molecule has 0 saturated carbocycles. The molecule has 2 aromatic rings. The maximum absolute atomic E-state index is 11.8. The van der Waals surface area contributed by atoms with Crippen LogP contribution in [0.25, 0.3) is 0 Å². The highest BCUT2D eigenvalue weighted by Gasteiger charge is 2.23. The van der Waals surface area contributed by atoms with Crippen LogP contribution in [0.3, 0.4) is 0 Å². The SMILES string of the molecule is CCOCOCc1cnc(N2CCC(CCCOc3ccc4c(c3)CCN(S(C)(=O)=O)C4)CC2)nc1. The van der Waals surface area contributed by atoms with E-state index in [4.69, 9.17) is 14.2 Å². The first-order valence-corrected chi connectivity index (χ1v) is 14.7. The normalized spacial score (nSPS) is 17.2. The van der Waals surface area contributed by atoms with Crippen molar-refractivity contribution in [3.8, 4) is 5.75 Å². The number of anilines is 1. The predicted octanol–water partition coefficient (Wildman–Crippen LogP) is 3.38. The molecule has 0 atom stereocenters. The van der Waals surface area contributed by atoms with Gasteiger partial charge in [0.1, 0.15) is 12.5 Å². The van der Waals surface area contributed by atoms with Gasteiger partial charge in [-0.05, 0) is 68.2 Å². The minimum Gasteiger partial charge on any atom is -0.494 e. The first-order chi connectivity index (χ1) is 17.4. The second-order valence-corrected chi connectivity index (χ2v) is 11.5. The summed E-state index contributed by atoms with van der Waals surface area (Å²) in [6, 6.07) is 6.03. The van der Waals surface area contributed by atoms with Crippen LogP contribution in [0.5, 0.6) is 5.75 Å². The summed E-state index contributed by atoms with van der Waals surface area (Å²) < 4.78 is 41.8. The Balaban J connectivity index is 1.14. The van der Waals surface area contributed by atoms with Gasteiger partial charge in [-0.1, -0.05) is 6.07 Å². The first-order valence-electron chi connectivity index (χ1n) is 12.8. The molecular formula is C26H38N4O5S. The Kier molecular flexibility index (Phi) is 9.53. The number of rotatable bonds is 12. The van der Waals surface area contributed by atoms with Crippen LogP contribution in [0.4, 0.5) is 5.95 Å². The van der Waals surface area contributed by atoms with Crippen LogP contribution in [0.15, 0.2) is 30.6 Å². The van der Waals surface area contributed by atoms with Crippen LogP contribution < -0.4 is 9.64 Å². The van der Waals surface area contributed by atoms with Gasteiger partial charge in [0.25, 0.3) is 0 Å². The Bertz CT molecular complexity index is 1070. The molecule has 3 heterocycles. The molecule has 198 valence electrons. The number of aromatic nitrogens is 2. The Morgan fingerprint density at radius 2 is 1.83 bits per heavy atom. The molecule has 1 aromatic heterocycles. The van der Waals surface area contributed by atoms with Gasteiger partial charge in [0.15, 0.2) is 0 Å². The number of nitrogens with zero attached hydrogens (tertiary/aromatic N) is 4. The van der Waals surface area contributed by atoms with E-state index in [1.165, 1.54) is 16.1 Å². The minimum atomic E-state index is -3.15. The van der Waals surface area contributed by atoms with Gasteiger partial charge in [-0.15, -0.1) is 0 Å². The van der Waals surface area contributed by atoms with E-state index in [1.54, 1.807) is 0 Å². The van der Waals surface area contributed by atoms with E-state index in [0.717, 1.165) is 68.0 Å². The van der Waals surface area contributed by atoms with Gasteiger partial charge in [0.2, 0.25) is 16.0 Å². The van der Waals surface area contributed by atoms with Gasteiger partial charge in [0, 0.05) is 50.7 Å². The third-order valence-corrected chi connectivity index (χ3v) is 8.13. The summed E-state index contributed by atoms with van der Waals surface area (Å²) in [6.07, 6.45) is 10.1. The van der Waals surface area contributed by atoms with E-state index in [9.17, 15) is 8.42 Å². The number of hydrogen-bond acceptors (Lipinski definition) is 8. The molecule has 0 aliphatic carbocycles. The highest BCUT2D eigenvalue weighted by atomic mass is 32.2. The number of ether oxygens (including phenoxy) is 3. The standard InChI is InChI=1S/C26H38N4O5S/c1-3-33-20-34-19-22-16-27-26(28-17-22)29-11-8-21(9-12-29)5-4-14-35-25-7-6-24-18-30(36(2,31)32)13-10-23(24)15-25/h6-7,15-17,21H,3-5,8-14,18-20H2,1-2H3. The van der Waals surface area contributed by atoms with E-state index in [0.29, 0.717) is 38.8 Å². The van der Waals surface area contributed by atoms with Gasteiger partial charge in [-0.2, -0.15) is 4.31 Å². The van der Waals surface area contributed by atoms with Crippen molar-refractivity contribution < 1.29 is 22.6 Å². The molecule has 2 aliphatic heterocycles. The third-order valence-electron chi connectivity index (χ3n) is 6.88. The van der Waals surface area contributed by atoms with Crippen LogP contribution in [0.1, 0.15) is 49.3 Å². The zero-order chi connectivity index (χ0) is 25.4. The summed E-state index contributed by atoms with van der Waals surface area (Å²) in [6.45, 7) is 6.95. The Labute approximate surface area is 214 Å². The lowest BCUT2D eigenvalue weighted by molar-refractivity contribution is -0.0572. The van der Waals surface area contributed by atoms with Gasteiger partial charge < -0.3 is 19.1 Å². The molecule has 2 aliphatic rings. The van der Waals surface area contributed by atoms with E-state index < -0.39 is 10.0 Å². The number of fused-ring (bicyclic) bond motifs is 1. The molecule has 0 unspecified atom stereocenters. The molecule has 36 heavy (non-hydrogen) atoms. The van der Waals surface area contributed by atoms with Crippen molar-refractivity contribution in [3.05, 3.63) is 47.3 Å². The maximum atomic E-state index is 11.8.